The fourth-order valence-corrected chi connectivity index (χ4v) is 6.43. The molecule has 31 heavy (non-hydrogen) atoms. The molecule has 0 bridgehead atoms. The van der Waals surface area contributed by atoms with Gasteiger partial charge in [-0.2, -0.15) is 4.31 Å². The third kappa shape index (κ3) is 6.14. The van der Waals surface area contributed by atoms with E-state index in [0.717, 1.165) is 4.31 Å². The van der Waals surface area contributed by atoms with Crippen LogP contribution in [0.25, 0.3) is 0 Å². The van der Waals surface area contributed by atoms with Crippen molar-refractivity contribution >= 4 is 103 Å². The van der Waals surface area contributed by atoms with E-state index in [4.69, 9.17) is 34.8 Å². The van der Waals surface area contributed by atoms with E-state index >= 15 is 0 Å². The topological polar surface area (TPSA) is 122 Å². The Morgan fingerprint density at radius 2 is 1.65 bits per heavy atom. The number of urea groups is 1. The minimum absolute atomic E-state index is 0. The first-order valence-corrected chi connectivity index (χ1v) is 12.6. The fourth-order valence-electron chi connectivity index (χ4n) is 2.76. The van der Waals surface area contributed by atoms with Crippen LogP contribution in [0.1, 0.15) is 0 Å². The Bertz CT molecular complexity index is 1080. The van der Waals surface area contributed by atoms with Crippen LogP contribution in [0.3, 0.4) is 0 Å². The number of benzene rings is 2. The summed E-state index contributed by atoms with van der Waals surface area (Å²) < 4.78 is 38.6. The summed E-state index contributed by atoms with van der Waals surface area (Å²) in [4.78, 5) is 11.8. The third-order valence-corrected chi connectivity index (χ3v) is 8.76. The van der Waals surface area contributed by atoms with Gasteiger partial charge in [0.2, 0.25) is 10.0 Å². The smallest absolute Gasteiger partial charge is 0.323 e. The summed E-state index contributed by atoms with van der Waals surface area (Å²) in [7, 11) is -4.17. The molecule has 8 nitrogen and oxygen atoms in total. The predicted octanol–water partition coefficient (Wildman–Crippen LogP) is 3.37. The number of rotatable bonds is 4. The molecule has 0 atom stereocenters. The first kappa shape index (κ1) is 26.8. The zero-order chi connectivity index (χ0) is 22.1. The van der Waals surface area contributed by atoms with Gasteiger partial charge in [0.05, 0.1) is 39.5 Å². The summed E-state index contributed by atoms with van der Waals surface area (Å²) in [6, 6.07) is 6.38. The van der Waals surface area contributed by atoms with Crippen molar-refractivity contribution in [2.75, 3.05) is 35.2 Å². The van der Waals surface area contributed by atoms with Crippen LogP contribution in [-0.2, 0) is 21.2 Å². The molecule has 1 radical (unpaired) electrons. The summed E-state index contributed by atoms with van der Waals surface area (Å²) in [6.45, 7) is 0.0756. The van der Waals surface area contributed by atoms with E-state index in [9.17, 15) is 22.9 Å². The number of carbonyl (C=O) groups excluding carboxylic acids is 1. The maximum Gasteiger partial charge on any atom is 0.323 e. The molecule has 1 aliphatic heterocycles. The standard InChI is InChI=1S/C17H16Cl3N3O5S2.Na/c18-10-2-1-3-12(14(10)20)21-17(25)22-13-5-4-11(19)16(15(13)24)30(27,28)23-6-8-29(26)9-7-23;/h1-5,24H,6-9H2,(H2,21,22,25);. The number of sulfonamides is 1. The van der Waals surface area contributed by atoms with Crippen molar-refractivity contribution in [3.8, 4) is 5.75 Å². The molecule has 2 amide bonds. The molecule has 3 N–H and O–H groups in total. The number of aromatic hydroxyl groups is 1. The molecular formula is C17H16Cl3N3NaO5S2. The van der Waals surface area contributed by atoms with Gasteiger partial charge >= 0.3 is 6.03 Å². The number of amides is 2. The van der Waals surface area contributed by atoms with Crippen molar-refractivity contribution in [3.63, 3.8) is 0 Å². The molecule has 14 heteroatoms. The van der Waals surface area contributed by atoms with E-state index < -0.39 is 37.9 Å². The third-order valence-electron chi connectivity index (χ3n) is 4.27. The maximum atomic E-state index is 13.0. The van der Waals surface area contributed by atoms with Gasteiger partial charge in [0, 0.05) is 29.6 Å². The van der Waals surface area contributed by atoms with Crippen LogP contribution in [-0.4, -0.2) is 82.6 Å². The van der Waals surface area contributed by atoms with Gasteiger partial charge in [-0.15, -0.1) is 0 Å². The summed E-state index contributed by atoms with van der Waals surface area (Å²) in [5.74, 6) is -0.321. The van der Waals surface area contributed by atoms with Crippen LogP contribution in [0, 0.1) is 0 Å². The molecule has 1 aliphatic rings. The quantitative estimate of drug-likeness (QED) is 0.315. The van der Waals surface area contributed by atoms with Gasteiger partial charge < -0.3 is 20.3 Å². The molecule has 0 aliphatic carbocycles. The number of hydrogen-bond donors (Lipinski definition) is 3. The monoisotopic (exact) mass is 534 g/mol. The van der Waals surface area contributed by atoms with Crippen LogP contribution in [0.2, 0.25) is 15.1 Å². The normalized spacial score (nSPS) is 15.2. The van der Waals surface area contributed by atoms with Crippen LogP contribution in [0.15, 0.2) is 35.2 Å². The summed E-state index contributed by atoms with van der Waals surface area (Å²) in [5, 5.41) is 15.5. The van der Waals surface area contributed by atoms with Gasteiger partial charge in [-0.25, -0.2) is 13.2 Å². The van der Waals surface area contributed by atoms with E-state index in [0.29, 0.717) is 0 Å². The molecule has 0 saturated carbocycles. The van der Waals surface area contributed by atoms with Gasteiger partial charge in [0.15, 0.2) is 5.75 Å². The van der Waals surface area contributed by atoms with E-state index in [1.54, 1.807) is 12.1 Å². The molecule has 1 saturated heterocycles. The molecule has 0 aromatic heterocycles. The summed E-state index contributed by atoms with van der Waals surface area (Å²) >= 11 is 16.9. The number of nitrogens with one attached hydrogen (secondary N) is 2. The number of carbonyl (C=O) groups is 1. The molecule has 0 spiro atoms. The number of anilines is 2. The molecule has 1 heterocycles. The van der Waals surface area contributed by atoms with Crippen molar-refractivity contribution in [2.45, 2.75) is 4.90 Å². The van der Waals surface area contributed by atoms with Crippen LogP contribution >= 0.6 is 34.8 Å². The van der Waals surface area contributed by atoms with Gasteiger partial charge in [-0.1, -0.05) is 52.0 Å². The van der Waals surface area contributed by atoms with Crippen molar-refractivity contribution < 1.29 is 22.9 Å². The van der Waals surface area contributed by atoms with Gasteiger partial charge in [0.1, 0.15) is 16.4 Å². The second kappa shape index (κ2) is 11.1. The minimum Gasteiger partial charge on any atom is -0.616 e. The predicted molar refractivity (Wildman–Crippen MR) is 125 cm³/mol. The van der Waals surface area contributed by atoms with Gasteiger partial charge in [-0.05, 0) is 24.3 Å². The Kier molecular flexibility index (Phi) is 9.66. The number of halogens is 3. The number of hydrogen-bond acceptors (Lipinski definition) is 5. The second-order valence-electron chi connectivity index (χ2n) is 6.21. The zero-order valence-corrected chi connectivity index (χ0v) is 22.1. The number of nitrogens with zero attached hydrogens (tertiary/aromatic N) is 1. The van der Waals surface area contributed by atoms with E-state index in [1.807, 2.05) is 0 Å². The molecule has 2 aromatic rings. The van der Waals surface area contributed by atoms with Crippen LogP contribution < -0.4 is 10.6 Å². The average Bonchev–Trinajstić information content (AvgIpc) is 2.68. The Labute approximate surface area is 219 Å². The fraction of sp³-hybridized carbons (Fsp3) is 0.235. The Balaban J connectivity index is 0.00000341. The Hall–Kier alpha value is -0.400. The zero-order valence-electron chi connectivity index (χ0n) is 16.2. The van der Waals surface area contributed by atoms with Crippen LogP contribution in [0.5, 0.6) is 5.75 Å². The molecule has 0 unspecified atom stereocenters. The Morgan fingerprint density at radius 3 is 2.29 bits per heavy atom. The van der Waals surface area contributed by atoms with Gasteiger partial charge in [-0.3, -0.25) is 0 Å². The van der Waals surface area contributed by atoms with Crippen molar-refractivity contribution in [1.29, 1.82) is 0 Å². The molecule has 1 fully saturated rings. The van der Waals surface area contributed by atoms with Crippen LogP contribution in [0.4, 0.5) is 16.2 Å². The van der Waals surface area contributed by atoms with Crippen molar-refractivity contribution in [3.05, 3.63) is 45.4 Å². The number of phenols is 1. The van der Waals surface area contributed by atoms with E-state index in [2.05, 4.69) is 10.6 Å². The summed E-state index contributed by atoms with van der Waals surface area (Å²) in [6.07, 6.45) is 0. The first-order valence-electron chi connectivity index (χ1n) is 8.50. The largest absolute Gasteiger partial charge is 0.616 e. The molecular weight excluding hydrogens is 520 g/mol. The van der Waals surface area contributed by atoms with Gasteiger partial charge in [0.25, 0.3) is 0 Å². The molecule has 3 rings (SSSR count). The first-order chi connectivity index (χ1) is 14.1. The summed E-state index contributed by atoms with van der Waals surface area (Å²) in [5.41, 5.74) is 0.0542. The molecule has 163 valence electrons. The van der Waals surface area contributed by atoms with Crippen molar-refractivity contribution in [2.24, 2.45) is 0 Å². The van der Waals surface area contributed by atoms with Crippen molar-refractivity contribution in [1.82, 2.24) is 4.31 Å². The van der Waals surface area contributed by atoms with E-state index in [-0.39, 0.29) is 80.6 Å². The average molecular weight is 536 g/mol. The molecule has 2 aromatic carbocycles. The SMILES string of the molecule is O=C(Nc1ccc(Cl)c(S(=O)(=O)N2CC[S+]([O-])CC2)c1O)Nc1cccc(Cl)c1Cl.[Na]. The number of phenolic OH excluding ortho intramolecular Hbond substituents is 1. The second-order valence-corrected chi connectivity index (χ2v) is 11.0. The maximum absolute atomic E-state index is 13.0. The van der Waals surface area contributed by atoms with E-state index in [1.165, 1.54) is 18.2 Å². The minimum atomic E-state index is -4.17. The Morgan fingerprint density at radius 1 is 1.03 bits per heavy atom.